The standard InChI is InChI=1S/C8H11N3S/c1-4-7(11-9)8-5(2)10-6(3)12-8/h1,7,11H,9H2,2-3H3. The second-order valence-corrected chi connectivity index (χ2v) is 3.68. The summed E-state index contributed by atoms with van der Waals surface area (Å²) in [6, 6.07) is -0.212. The number of hydrogen-bond donors (Lipinski definition) is 2. The van der Waals surface area contributed by atoms with Crippen LogP contribution >= 0.6 is 11.3 Å². The number of terminal acetylenes is 1. The van der Waals surface area contributed by atoms with Crippen LogP contribution in [0.1, 0.15) is 21.6 Å². The molecule has 0 radical (unpaired) electrons. The van der Waals surface area contributed by atoms with E-state index in [1.54, 1.807) is 11.3 Å². The van der Waals surface area contributed by atoms with Crippen LogP contribution in [0.4, 0.5) is 0 Å². The molecule has 0 bridgehead atoms. The molecule has 0 saturated heterocycles. The fraction of sp³-hybridized carbons (Fsp3) is 0.375. The molecule has 1 atom stereocenters. The van der Waals surface area contributed by atoms with Gasteiger partial charge in [0, 0.05) is 0 Å². The number of nitrogens with two attached hydrogens (primary N) is 1. The summed E-state index contributed by atoms with van der Waals surface area (Å²) in [5, 5.41) is 1.01. The first kappa shape index (κ1) is 9.20. The number of hydrazine groups is 1. The van der Waals surface area contributed by atoms with Crippen molar-refractivity contribution in [3.05, 3.63) is 15.6 Å². The normalized spacial score (nSPS) is 12.5. The predicted octanol–water partition coefficient (Wildman–Crippen LogP) is 0.898. The SMILES string of the molecule is C#CC(NN)c1sc(C)nc1C. The molecule has 64 valence electrons. The Morgan fingerprint density at radius 1 is 1.67 bits per heavy atom. The number of thiazole rings is 1. The van der Waals surface area contributed by atoms with Gasteiger partial charge in [0.05, 0.1) is 15.6 Å². The van der Waals surface area contributed by atoms with Crippen molar-refractivity contribution in [2.24, 2.45) is 5.84 Å². The lowest BCUT2D eigenvalue weighted by Gasteiger charge is -2.05. The third-order valence-corrected chi connectivity index (χ3v) is 2.67. The van der Waals surface area contributed by atoms with Crippen LogP contribution in [0.2, 0.25) is 0 Å². The molecule has 1 heterocycles. The second-order valence-electron chi connectivity index (χ2n) is 2.45. The molecule has 0 aliphatic heterocycles. The van der Waals surface area contributed by atoms with Crippen LogP contribution in [-0.4, -0.2) is 4.98 Å². The van der Waals surface area contributed by atoms with E-state index in [0.717, 1.165) is 15.6 Å². The molecular formula is C8H11N3S. The quantitative estimate of drug-likeness (QED) is 0.405. The third-order valence-electron chi connectivity index (χ3n) is 1.53. The van der Waals surface area contributed by atoms with E-state index in [-0.39, 0.29) is 6.04 Å². The van der Waals surface area contributed by atoms with E-state index >= 15 is 0 Å². The maximum atomic E-state index is 5.28. The first-order valence-electron chi connectivity index (χ1n) is 3.55. The summed E-state index contributed by atoms with van der Waals surface area (Å²) < 4.78 is 0. The number of nitrogens with one attached hydrogen (secondary N) is 1. The monoisotopic (exact) mass is 181 g/mol. The molecule has 0 saturated carbocycles. The zero-order valence-electron chi connectivity index (χ0n) is 7.09. The molecule has 0 amide bonds. The average Bonchev–Trinajstić information content (AvgIpc) is 2.34. The lowest BCUT2D eigenvalue weighted by molar-refractivity contribution is 0.679. The van der Waals surface area contributed by atoms with Crippen LogP contribution in [0.25, 0.3) is 0 Å². The van der Waals surface area contributed by atoms with Gasteiger partial charge >= 0.3 is 0 Å². The van der Waals surface area contributed by atoms with Gasteiger partial charge in [-0.2, -0.15) is 0 Å². The van der Waals surface area contributed by atoms with E-state index in [1.165, 1.54) is 0 Å². The number of rotatable bonds is 2. The number of aromatic nitrogens is 1. The van der Waals surface area contributed by atoms with Crippen LogP contribution in [0.15, 0.2) is 0 Å². The van der Waals surface area contributed by atoms with E-state index in [9.17, 15) is 0 Å². The summed E-state index contributed by atoms with van der Waals surface area (Å²) in [5.41, 5.74) is 3.51. The first-order valence-corrected chi connectivity index (χ1v) is 4.37. The number of nitrogens with zero attached hydrogens (tertiary/aromatic N) is 1. The van der Waals surface area contributed by atoms with Gasteiger partial charge in [0.1, 0.15) is 6.04 Å². The van der Waals surface area contributed by atoms with Gasteiger partial charge in [0.15, 0.2) is 0 Å². The minimum absolute atomic E-state index is 0.212. The van der Waals surface area contributed by atoms with Crippen molar-refractivity contribution in [1.29, 1.82) is 0 Å². The minimum Gasteiger partial charge on any atom is -0.270 e. The highest BCUT2D eigenvalue weighted by Crippen LogP contribution is 2.23. The molecule has 4 heteroatoms. The molecule has 0 spiro atoms. The largest absolute Gasteiger partial charge is 0.270 e. The van der Waals surface area contributed by atoms with Crippen LogP contribution < -0.4 is 11.3 Å². The van der Waals surface area contributed by atoms with Gasteiger partial charge < -0.3 is 0 Å². The number of aryl methyl sites for hydroxylation is 2. The Morgan fingerprint density at radius 2 is 2.33 bits per heavy atom. The summed E-state index contributed by atoms with van der Waals surface area (Å²) in [6.07, 6.45) is 5.28. The molecule has 1 aromatic rings. The molecule has 1 aromatic heterocycles. The Balaban J connectivity index is 3.02. The zero-order valence-corrected chi connectivity index (χ0v) is 7.90. The molecule has 3 N–H and O–H groups in total. The Bertz CT molecular complexity index is 311. The fourth-order valence-corrected chi connectivity index (χ4v) is 1.96. The molecule has 3 nitrogen and oxygen atoms in total. The van der Waals surface area contributed by atoms with Crippen molar-refractivity contribution >= 4 is 11.3 Å². The molecule has 1 rings (SSSR count). The maximum Gasteiger partial charge on any atom is 0.117 e. The van der Waals surface area contributed by atoms with Gasteiger partial charge in [0.2, 0.25) is 0 Å². The molecule has 0 aliphatic rings. The summed E-state index contributed by atoms with van der Waals surface area (Å²) in [6.45, 7) is 3.88. The average molecular weight is 181 g/mol. The highest BCUT2D eigenvalue weighted by atomic mass is 32.1. The van der Waals surface area contributed by atoms with Gasteiger partial charge in [-0.25, -0.2) is 10.4 Å². The fourth-order valence-electron chi connectivity index (χ4n) is 1.01. The van der Waals surface area contributed by atoms with Crippen LogP contribution in [-0.2, 0) is 0 Å². The van der Waals surface area contributed by atoms with Crippen molar-refractivity contribution in [3.63, 3.8) is 0 Å². The number of hydrogen-bond acceptors (Lipinski definition) is 4. The summed E-state index contributed by atoms with van der Waals surface area (Å²) in [4.78, 5) is 5.28. The Labute approximate surface area is 76.0 Å². The van der Waals surface area contributed by atoms with Crippen molar-refractivity contribution in [2.45, 2.75) is 19.9 Å². The topological polar surface area (TPSA) is 50.9 Å². The Hall–Kier alpha value is -0.890. The highest BCUT2D eigenvalue weighted by molar-refractivity contribution is 7.11. The molecular weight excluding hydrogens is 170 g/mol. The van der Waals surface area contributed by atoms with Crippen molar-refractivity contribution in [2.75, 3.05) is 0 Å². The molecule has 0 aromatic carbocycles. The van der Waals surface area contributed by atoms with Crippen molar-refractivity contribution in [3.8, 4) is 12.3 Å². The van der Waals surface area contributed by atoms with Gasteiger partial charge in [0.25, 0.3) is 0 Å². The first-order chi connectivity index (χ1) is 5.69. The van der Waals surface area contributed by atoms with E-state index in [1.807, 2.05) is 13.8 Å². The van der Waals surface area contributed by atoms with E-state index < -0.39 is 0 Å². The summed E-state index contributed by atoms with van der Waals surface area (Å²) in [7, 11) is 0. The Kier molecular flexibility index (Phi) is 2.82. The van der Waals surface area contributed by atoms with Gasteiger partial charge in [-0.15, -0.1) is 17.8 Å². The Morgan fingerprint density at radius 3 is 2.67 bits per heavy atom. The molecule has 0 aliphatic carbocycles. The van der Waals surface area contributed by atoms with Gasteiger partial charge in [-0.1, -0.05) is 5.92 Å². The van der Waals surface area contributed by atoms with Crippen molar-refractivity contribution in [1.82, 2.24) is 10.4 Å². The van der Waals surface area contributed by atoms with Gasteiger partial charge in [-0.05, 0) is 13.8 Å². The lowest BCUT2D eigenvalue weighted by atomic mass is 10.2. The van der Waals surface area contributed by atoms with Crippen LogP contribution in [0.3, 0.4) is 0 Å². The highest BCUT2D eigenvalue weighted by Gasteiger charge is 2.12. The predicted molar refractivity (Wildman–Crippen MR) is 50.5 cm³/mol. The van der Waals surface area contributed by atoms with E-state index in [0.29, 0.717) is 0 Å². The maximum absolute atomic E-state index is 5.28. The van der Waals surface area contributed by atoms with Gasteiger partial charge in [-0.3, -0.25) is 5.84 Å². The summed E-state index contributed by atoms with van der Waals surface area (Å²) in [5.74, 6) is 7.84. The minimum atomic E-state index is -0.212. The summed E-state index contributed by atoms with van der Waals surface area (Å²) >= 11 is 1.58. The third kappa shape index (κ3) is 1.64. The van der Waals surface area contributed by atoms with Crippen LogP contribution in [0.5, 0.6) is 0 Å². The zero-order chi connectivity index (χ0) is 9.14. The molecule has 12 heavy (non-hydrogen) atoms. The van der Waals surface area contributed by atoms with Crippen LogP contribution in [0, 0.1) is 26.2 Å². The smallest absolute Gasteiger partial charge is 0.117 e. The van der Waals surface area contributed by atoms with E-state index in [4.69, 9.17) is 12.3 Å². The lowest BCUT2D eigenvalue weighted by Crippen LogP contribution is -2.26. The van der Waals surface area contributed by atoms with E-state index in [2.05, 4.69) is 16.3 Å². The van der Waals surface area contributed by atoms with Crippen molar-refractivity contribution < 1.29 is 0 Å². The molecule has 0 fully saturated rings. The molecule has 1 unspecified atom stereocenters. The second kappa shape index (κ2) is 3.68.